The van der Waals surface area contributed by atoms with Gasteiger partial charge in [-0.2, -0.15) is 0 Å². The molecule has 92 valence electrons. The molecule has 5 nitrogen and oxygen atoms in total. The van der Waals surface area contributed by atoms with Crippen LogP contribution in [0.15, 0.2) is 6.33 Å². The number of aromatic nitrogens is 2. The summed E-state index contributed by atoms with van der Waals surface area (Å²) in [6, 6.07) is 0.302. The van der Waals surface area contributed by atoms with Crippen LogP contribution in [-0.4, -0.2) is 39.4 Å². The van der Waals surface area contributed by atoms with Gasteiger partial charge in [0.25, 0.3) is 0 Å². The second-order valence-electron chi connectivity index (χ2n) is 4.99. The Kier molecular flexibility index (Phi) is 2.63. The van der Waals surface area contributed by atoms with Gasteiger partial charge in [0.15, 0.2) is 0 Å². The number of rotatable bonds is 1. The number of fused-ring (bicyclic) bond motifs is 1. The number of imidazole rings is 1. The molecular formula is C12H18N4O. The van der Waals surface area contributed by atoms with E-state index in [9.17, 15) is 4.79 Å². The molecule has 1 fully saturated rings. The van der Waals surface area contributed by atoms with Crippen molar-refractivity contribution in [2.24, 2.45) is 0 Å². The first-order chi connectivity index (χ1) is 8.25. The topological polar surface area (TPSA) is 61.0 Å². The highest BCUT2D eigenvalue weighted by molar-refractivity contribution is 5.83. The largest absolute Gasteiger partial charge is 0.347 e. The van der Waals surface area contributed by atoms with Crippen molar-refractivity contribution in [2.45, 2.75) is 44.8 Å². The summed E-state index contributed by atoms with van der Waals surface area (Å²) >= 11 is 0. The fraction of sp³-hybridized carbons (Fsp3) is 0.667. The molecule has 5 heteroatoms. The molecule has 0 bridgehead atoms. The number of H-pyrrole nitrogens is 1. The number of hydrogen-bond donors (Lipinski definition) is 2. The fourth-order valence-electron chi connectivity index (χ4n) is 2.80. The van der Waals surface area contributed by atoms with E-state index in [4.69, 9.17) is 0 Å². The number of amides is 1. The Hall–Kier alpha value is -1.36. The lowest BCUT2D eigenvalue weighted by molar-refractivity contribution is -0.134. The lowest BCUT2D eigenvalue weighted by Gasteiger charge is -2.29. The Morgan fingerprint density at radius 1 is 1.59 bits per heavy atom. The van der Waals surface area contributed by atoms with Gasteiger partial charge in [-0.3, -0.25) is 10.1 Å². The summed E-state index contributed by atoms with van der Waals surface area (Å²) in [4.78, 5) is 21.7. The zero-order chi connectivity index (χ0) is 11.8. The van der Waals surface area contributed by atoms with Gasteiger partial charge in [-0.15, -0.1) is 0 Å². The van der Waals surface area contributed by atoms with Crippen molar-refractivity contribution >= 4 is 5.91 Å². The van der Waals surface area contributed by atoms with Gasteiger partial charge in [-0.1, -0.05) is 0 Å². The van der Waals surface area contributed by atoms with Gasteiger partial charge in [0.1, 0.15) is 0 Å². The number of hydrogen-bond acceptors (Lipinski definition) is 3. The maximum Gasteiger partial charge on any atom is 0.240 e. The van der Waals surface area contributed by atoms with Crippen LogP contribution in [0.1, 0.15) is 31.2 Å². The third kappa shape index (κ3) is 1.84. The van der Waals surface area contributed by atoms with Crippen molar-refractivity contribution < 1.29 is 4.79 Å². The van der Waals surface area contributed by atoms with Crippen LogP contribution in [-0.2, 0) is 17.8 Å². The standard InChI is InChI=1S/C12H18N4O/c1-8-3-2-4-16(8)12(17)10-5-9-11(6-13-10)15-7-14-9/h7-8,10,13H,2-6H2,1H3,(H,14,15). The zero-order valence-electron chi connectivity index (χ0n) is 10.1. The van der Waals surface area contributed by atoms with Gasteiger partial charge < -0.3 is 9.88 Å². The van der Waals surface area contributed by atoms with Crippen LogP contribution >= 0.6 is 0 Å². The van der Waals surface area contributed by atoms with Gasteiger partial charge in [-0.25, -0.2) is 4.98 Å². The number of aromatic amines is 1. The van der Waals surface area contributed by atoms with Gasteiger partial charge >= 0.3 is 0 Å². The van der Waals surface area contributed by atoms with E-state index in [1.807, 2.05) is 4.90 Å². The smallest absolute Gasteiger partial charge is 0.240 e. The van der Waals surface area contributed by atoms with Crippen LogP contribution in [0.5, 0.6) is 0 Å². The molecule has 2 unspecified atom stereocenters. The number of nitrogens with one attached hydrogen (secondary N) is 2. The summed E-state index contributed by atoms with van der Waals surface area (Å²) in [5.41, 5.74) is 2.15. The van der Waals surface area contributed by atoms with Crippen LogP contribution in [0.4, 0.5) is 0 Å². The van der Waals surface area contributed by atoms with E-state index in [1.54, 1.807) is 6.33 Å². The number of nitrogens with zero attached hydrogens (tertiary/aromatic N) is 2. The minimum Gasteiger partial charge on any atom is -0.347 e. The third-order valence-electron chi connectivity index (χ3n) is 3.86. The van der Waals surface area contributed by atoms with Gasteiger partial charge in [0.05, 0.1) is 23.8 Å². The van der Waals surface area contributed by atoms with E-state index in [2.05, 4.69) is 22.2 Å². The number of carbonyl (C=O) groups excluding carboxylic acids is 1. The molecule has 0 saturated carbocycles. The maximum absolute atomic E-state index is 12.4. The summed E-state index contributed by atoms with van der Waals surface area (Å²) in [5, 5.41) is 3.30. The monoisotopic (exact) mass is 234 g/mol. The Labute approximate surface area is 101 Å². The summed E-state index contributed by atoms with van der Waals surface area (Å²) in [5.74, 6) is 0.239. The summed E-state index contributed by atoms with van der Waals surface area (Å²) in [6.45, 7) is 3.76. The molecule has 0 spiro atoms. The summed E-state index contributed by atoms with van der Waals surface area (Å²) in [7, 11) is 0. The average molecular weight is 234 g/mol. The highest BCUT2D eigenvalue weighted by Crippen LogP contribution is 2.20. The predicted molar refractivity (Wildman–Crippen MR) is 63.3 cm³/mol. The minimum absolute atomic E-state index is 0.0913. The second-order valence-corrected chi connectivity index (χ2v) is 4.99. The van der Waals surface area contributed by atoms with Crippen LogP contribution in [0.2, 0.25) is 0 Å². The Balaban J connectivity index is 1.72. The lowest BCUT2D eigenvalue weighted by Crippen LogP contribution is -2.50. The first-order valence-electron chi connectivity index (χ1n) is 6.30. The highest BCUT2D eigenvalue weighted by atomic mass is 16.2. The molecular weight excluding hydrogens is 216 g/mol. The molecule has 2 aliphatic heterocycles. The zero-order valence-corrected chi connectivity index (χ0v) is 10.1. The predicted octanol–water partition coefficient (Wildman–Crippen LogP) is 0.435. The summed E-state index contributed by atoms with van der Waals surface area (Å²) in [6.07, 6.45) is 4.68. The minimum atomic E-state index is -0.0913. The van der Waals surface area contributed by atoms with E-state index < -0.39 is 0 Å². The average Bonchev–Trinajstić information content (AvgIpc) is 2.95. The number of carbonyl (C=O) groups is 1. The van der Waals surface area contributed by atoms with Crippen molar-refractivity contribution in [1.82, 2.24) is 20.2 Å². The van der Waals surface area contributed by atoms with Crippen LogP contribution in [0.25, 0.3) is 0 Å². The first kappa shape index (κ1) is 10.8. The highest BCUT2D eigenvalue weighted by Gasteiger charge is 2.33. The first-order valence-corrected chi connectivity index (χ1v) is 6.30. The third-order valence-corrected chi connectivity index (χ3v) is 3.86. The van der Waals surface area contributed by atoms with E-state index in [0.717, 1.165) is 30.8 Å². The molecule has 2 atom stereocenters. The maximum atomic E-state index is 12.4. The van der Waals surface area contributed by atoms with Gasteiger partial charge in [0.2, 0.25) is 5.91 Å². The summed E-state index contributed by atoms with van der Waals surface area (Å²) < 4.78 is 0. The van der Waals surface area contributed by atoms with E-state index in [-0.39, 0.29) is 11.9 Å². The van der Waals surface area contributed by atoms with Gasteiger partial charge in [-0.05, 0) is 19.8 Å². The normalized spacial score (nSPS) is 28.2. The van der Waals surface area contributed by atoms with Crippen molar-refractivity contribution in [3.63, 3.8) is 0 Å². The van der Waals surface area contributed by atoms with Crippen LogP contribution in [0, 0.1) is 0 Å². The SMILES string of the molecule is CC1CCCN1C(=O)C1Cc2nc[nH]c2CN1. The van der Waals surface area contributed by atoms with Crippen LogP contribution in [0.3, 0.4) is 0 Å². The molecule has 1 aromatic heterocycles. The van der Waals surface area contributed by atoms with Crippen molar-refractivity contribution in [2.75, 3.05) is 6.54 Å². The quantitative estimate of drug-likeness (QED) is 0.741. The molecule has 0 aromatic carbocycles. The Morgan fingerprint density at radius 2 is 2.47 bits per heavy atom. The molecule has 3 rings (SSSR count). The lowest BCUT2D eigenvalue weighted by atomic mass is 10.0. The molecule has 1 saturated heterocycles. The van der Waals surface area contributed by atoms with Crippen molar-refractivity contribution in [3.05, 3.63) is 17.7 Å². The number of likely N-dealkylation sites (tertiary alicyclic amines) is 1. The van der Waals surface area contributed by atoms with E-state index in [1.165, 1.54) is 0 Å². The second kappa shape index (κ2) is 4.14. The molecule has 17 heavy (non-hydrogen) atoms. The molecule has 0 radical (unpaired) electrons. The van der Waals surface area contributed by atoms with Crippen molar-refractivity contribution in [3.8, 4) is 0 Å². The van der Waals surface area contributed by atoms with E-state index >= 15 is 0 Å². The Morgan fingerprint density at radius 3 is 3.24 bits per heavy atom. The molecule has 0 aliphatic carbocycles. The van der Waals surface area contributed by atoms with E-state index in [0.29, 0.717) is 19.0 Å². The molecule has 2 N–H and O–H groups in total. The molecule has 2 aliphatic rings. The van der Waals surface area contributed by atoms with Crippen LogP contribution < -0.4 is 5.32 Å². The van der Waals surface area contributed by atoms with Crippen molar-refractivity contribution in [1.29, 1.82) is 0 Å². The molecule has 1 aromatic rings. The molecule has 1 amide bonds. The molecule has 3 heterocycles. The van der Waals surface area contributed by atoms with Gasteiger partial charge in [0, 0.05) is 25.6 Å². The Bertz CT molecular complexity index is 428. The fourth-order valence-corrected chi connectivity index (χ4v) is 2.80.